The van der Waals surface area contributed by atoms with Gasteiger partial charge in [-0.3, -0.25) is 9.59 Å². The highest BCUT2D eigenvalue weighted by Crippen LogP contribution is 2.08. The Morgan fingerprint density at radius 1 is 1.00 bits per heavy atom. The maximum Gasteiger partial charge on any atom is 0.317 e. The molecule has 1 rings (SSSR count). The zero-order valence-electron chi connectivity index (χ0n) is 10.3. The fourth-order valence-corrected chi connectivity index (χ4v) is 1.39. The highest BCUT2D eigenvalue weighted by atomic mass is 16.5. The second kappa shape index (κ2) is 8.10. The van der Waals surface area contributed by atoms with Gasteiger partial charge in [0.25, 0.3) is 0 Å². The molecule has 0 atom stereocenters. The predicted molar refractivity (Wildman–Crippen MR) is 66.1 cm³/mol. The molecule has 0 aliphatic rings. The van der Waals surface area contributed by atoms with Gasteiger partial charge < -0.3 is 19.7 Å². The average Bonchev–Trinajstić information content (AvgIpc) is 2.38. The number of hydrogen-bond donors (Lipinski definition) is 2. The summed E-state index contributed by atoms with van der Waals surface area (Å²) in [7, 11) is 0. The number of carbonyl (C=O) groups is 2. The van der Waals surface area contributed by atoms with Crippen molar-refractivity contribution in [3.63, 3.8) is 0 Å². The van der Waals surface area contributed by atoms with Gasteiger partial charge >= 0.3 is 11.9 Å². The lowest BCUT2D eigenvalue weighted by molar-refractivity contribution is -0.155. The van der Waals surface area contributed by atoms with E-state index in [0.29, 0.717) is 6.61 Å². The molecule has 0 unspecified atom stereocenters. The molecule has 1 aromatic rings. The number of rotatable bonds is 9. The van der Waals surface area contributed by atoms with E-state index < -0.39 is 17.9 Å². The Balaban J connectivity index is 2.11. The van der Waals surface area contributed by atoms with Gasteiger partial charge in [-0.1, -0.05) is 18.2 Å². The van der Waals surface area contributed by atoms with Crippen LogP contribution >= 0.6 is 0 Å². The first-order valence-corrected chi connectivity index (χ1v) is 5.82. The van der Waals surface area contributed by atoms with Crippen LogP contribution in [-0.4, -0.2) is 42.0 Å². The van der Waals surface area contributed by atoms with Crippen molar-refractivity contribution < 1.29 is 29.3 Å². The van der Waals surface area contributed by atoms with Gasteiger partial charge in [0.15, 0.2) is 5.92 Å². The van der Waals surface area contributed by atoms with Crippen molar-refractivity contribution in [3.05, 3.63) is 30.3 Å². The molecular formula is C13H16O6. The maximum absolute atomic E-state index is 10.6. The van der Waals surface area contributed by atoms with Crippen molar-refractivity contribution >= 4 is 11.9 Å². The van der Waals surface area contributed by atoms with E-state index in [-0.39, 0.29) is 19.6 Å². The van der Waals surface area contributed by atoms with E-state index in [0.717, 1.165) is 5.75 Å². The Labute approximate surface area is 110 Å². The van der Waals surface area contributed by atoms with E-state index in [4.69, 9.17) is 19.7 Å². The maximum atomic E-state index is 10.6. The predicted octanol–water partition coefficient (Wildman–Crippen LogP) is 1.26. The van der Waals surface area contributed by atoms with Crippen LogP contribution in [0.2, 0.25) is 0 Å². The quantitative estimate of drug-likeness (QED) is 0.517. The van der Waals surface area contributed by atoms with Crippen molar-refractivity contribution in [2.75, 3.05) is 19.8 Å². The highest BCUT2D eigenvalue weighted by molar-refractivity contribution is 5.92. The molecule has 104 valence electrons. The molecule has 1 aromatic carbocycles. The van der Waals surface area contributed by atoms with Gasteiger partial charge in [-0.2, -0.15) is 0 Å². The minimum absolute atomic E-state index is 0.0595. The molecule has 0 spiro atoms. The summed E-state index contributed by atoms with van der Waals surface area (Å²) in [5, 5.41) is 17.3. The standard InChI is InChI=1S/C13H16O6/c14-12(15)11(13(16)17)6-7-18-8-9-19-10-4-2-1-3-5-10/h1-5,11H,6-9H2,(H,14,15)(H,16,17). The molecule has 0 heterocycles. The lowest BCUT2D eigenvalue weighted by Crippen LogP contribution is -2.25. The minimum atomic E-state index is -1.42. The van der Waals surface area contributed by atoms with Gasteiger partial charge in [0.2, 0.25) is 0 Å². The average molecular weight is 268 g/mol. The lowest BCUT2D eigenvalue weighted by Gasteiger charge is -2.09. The van der Waals surface area contributed by atoms with Gasteiger partial charge in [-0.05, 0) is 18.6 Å². The number of carboxylic acid groups (broad SMARTS) is 2. The molecule has 0 amide bonds. The fourth-order valence-electron chi connectivity index (χ4n) is 1.39. The van der Waals surface area contributed by atoms with E-state index in [2.05, 4.69) is 0 Å². The number of para-hydroxylation sites is 1. The summed E-state index contributed by atoms with van der Waals surface area (Å²) >= 11 is 0. The summed E-state index contributed by atoms with van der Waals surface area (Å²) < 4.78 is 10.5. The Hall–Kier alpha value is -2.08. The van der Waals surface area contributed by atoms with Crippen LogP contribution in [0.5, 0.6) is 5.75 Å². The van der Waals surface area contributed by atoms with E-state index in [9.17, 15) is 9.59 Å². The van der Waals surface area contributed by atoms with Crippen molar-refractivity contribution in [2.24, 2.45) is 5.92 Å². The molecule has 0 bridgehead atoms. The molecule has 0 fully saturated rings. The molecule has 19 heavy (non-hydrogen) atoms. The first-order valence-electron chi connectivity index (χ1n) is 5.82. The first kappa shape index (κ1) is 15.0. The Bertz CT molecular complexity index is 389. The SMILES string of the molecule is O=C(O)C(CCOCCOc1ccccc1)C(=O)O. The number of hydrogen-bond acceptors (Lipinski definition) is 4. The topological polar surface area (TPSA) is 93.1 Å². The summed E-state index contributed by atoms with van der Waals surface area (Å²) in [6.45, 7) is 0.678. The number of carboxylic acids is 2. The normalized spacial score (nSPS) is 10.4. The van der Waals surface area contributed by atoms with Crippen LogP contribution in [0.1, 0.15) is 6.42 Å². The van der Waals surface area contributed by atoms with Gasteiger partial charge in [0, 0.05) is 6.61 Å². The summed E-state index contributed by atoms with van der Waals surface area (Å²) in [6, 6.07) is 9.19. The molecule has 0 aliphatic carbocycles. The molecule has 0 radical (unpaired) electrons. The van der Waals surface area contributed by atoms with Crippen LogP contribution in [0.15, 0.2) is 30.3 Å². The van der Waals surface area contributed by atoms with Gasteiger partial charge in [-0.15, -0.1) is 0 Å². The van der Waals surface area contributed by atoms with E-state index in [1.165, 1.54) is 0 Å². The molecule has 6 heteroatoms. The third kappa shape index (κ3) is 5.87. The Morgan fingerprint density at radius 2 is 1.63 bits per heavy atom. The Kier molecular flexibility index (Phi) is 6.38. The number of ether oxygens (including phenoxy) is 2. The number of aliphatic carboxylic acids is 2. The zero-order chi connectivity index (χ0) is 14.1. The number of benzene rings is 1. The van der Waals surface area contributed by atoms with Crippen LogP contribution in [-0.2, 0) is 14.3 Å². The second-order valence-electron chi connectivity index (χ2n) is 3.79. The van der Waals surface area contributed by atoms with Crippen molar-refractivity contribution in [2.45, 2.75) is 6.42 Å². The monoisotopic (exact) mass is 268 g/mol. The summed E-state index contributed by atoms with van der Waals surface area (Å²) in [5.74, 6) is -3.40. The van der Waals surface area contributed by atoms with Crippen LogP contribution in [0.3, 0.4) is 0 Å². The van der Waals surface area contributed by atoms with Crippen LogP contribution in [0.4, 0.5) is 0 Å². The van der Waals surface area contributed by atoms with Gasteiger partial charge in [-0.25, -0.2) is 0 Å². The van der Waals surface area contributed by atoms with Crippen molar-refractivity contribution in [1.82, 2.24) is 0 Å². The van der Waals surface area contributed by atoms with Gasteiger partial charge in [0.1, 0.15) is 12.4 Å². The molecule has 0 saturated carbocycles. The molecule has 0 saturated heterocycles. The first-order chi connectivity index (χ1) is 9.11. The molecule has 0 aliphatic heterocycles. The summed E-state index contributed by atoms with van der Waals surface area (Å²) in [6.07, 6.45) is -0.0595. The van der Waals surface area contributed by atoms with Gasteiger partial charge in [0.05, 0.1) is 6.61 Å². The van der Waals surface area contributed by atoms with Crippen molar-refractivity contribution in [3.8, 4) is 5.75 Å². The smallest absolute Gasteiger partial charge is 0.317 e. The summed E-state index contributed by atoms with van der Waals surface area (Å²) in [4.78, 5) is 21.2. The highest BCUT2D eigenvalue weighted by Gasteiger charge is 2.24. The Morgan fingerprint density at radius 3 is 2.21 bits per heavy atom. The largest absolute Gasteiger partial charge is 0.491 e. The molecular weight excluding hydrogens is 252 g/mol. The van der Waals surface area contributed by atoms with Crippen LogP contribution in [0, 0.1) is 5.92 Å². The van der Waals surface area contributed by atoms with Crippen LogP contribution < -0.4 is 4.74 Å². The lowest BCUT2D eigenvalue weighted by atomic mass is 10.1. The van der Waals surface area contributed by atoms with Crippen molar-refractivity contribution in [1.29, 1.82) is 0 Å². The molecule has 0 aromatic heterocycles. The van der Waals surface area contributed by atoms with E-state index in [1.54, 1.807) is 0 Å². The molecule has 6 nitrogen and oxygen atoms in total. The zero-order valence-corrected chi connectivity index (χ0v) is 10.3. The third-order valence-corrected chi connectivity index (χ3v) is 2.39. The summed E-state index contributed by atoms with van der Waals surface area (Å²) in [5.41, 5.74) is 0. The van der Waals surface area contributed by atoms with E-state index in [1.807, 2.05) is 30.3 Å². The minimum Gasteiger partial charge on any atom is -0.491 e. The molecule has 2 N–H and O–H groups in total. The second-order valence-corrected chi connectivity index (χ2v) is 3.79. The fraction of sp³-hybridized carbons (Fsp3) is 0.385. The van der Waals surface area contributed by atoms with E-state index >= 15 is 0 Å². The third-order valence-electron chi connectivity index (χ3n) is 2.39. The van der Waals surface area contributed by atoms with Crippen LogP contribution in [0.25, 0.3) is 0 Å².